The molecule has 0 saturated heterocycles. The van der Waals surface area contributed by atoms with Crippen LogP contribution in [0.15, 0.2) is 18.5 Å². The van der Waals surface area contributed by atoms with Crippen LogP contribution in [-0.2, 0) is 0 Å². The van der Waals surface area contributed by atoms with Crippen molar-refractivity contribution in [2.24, 2.45) is 0 Å². The van der Waals surface area contributed by atoms with Crippen molar-refractivity contribution in [3.63, 3.8) is 0 Å². The number of ether oxygens (including phenoxy) is 1. The summed E-state index contributed by atoms with van der Waals surface area (Å²) in [6.07, 6.45) is 1.54. The zero-order chi connectivity index (χ0) is 8.39. The smallest absolute Gasteiger partial charge is 0.231 e. The van der Waals surface area contributed by atoms with E-state index in [9.17, 15) is 0 Å². The lowest BCUT2D eigenvalue weighted by atomic mass is 10.5. The van der Waals surface area contributed by atoms with Crippen LogP contribution in [-0.4, -0.2) is 26.4 Å². The normalized spacial score (nSPS) is 10.4. The van der Waals surface area contributed by atoms with Gasteiger partial charge in [0.1, 0.15) is 6.33 Å². The van der Waals surface area contributed by atoms with E-state index in [1.54, 1.807) is 10.6 Å². The summed E-state index contributed by atoms with van der Waals surface area (Å²) in [5, 5.41) is 11.6. The number of rotatable bonds is 2. The molecule has 0 aliphatic heterocycles. The summed E-state index contributed by atoms with van der Waals surface area (Å²) in [4.78, 5) is 0. The lowest BCUT2D eigenvalue weighted by molar-refractivity contribution is 0.321. The Morgan fingerprint density at radius 3 is 3.25 bits per heavy atom. The van der Waals surface area contributed by atoms with Crippen LogP contribution in [0.25, 0.3) is 5.65 Å². The largest absolute Gasteiger partial charge is 0.477 e. The number of fused-ring (bicyclic) bond motifs is 1. The summed E-state index contributed by atoms with van der Waals surface area (Å²) in [7, 11) is 0. The van der Waals surface area contributed by atoms with E-state index in [-0.39, 0.29) is 0 Å². The molecule has 0 N–H and O–H groups in total. The number of aromatic nitrogens is 4. The average molecular weight is 164 g/mol. The fourth-order valence-electron chi connectivity index (χ4n) is 0.936. The molecule has 62 valence electrons. The Hall–Kier alpha value is -1.65. The Morgan fingerprint density at radius 2 is 2.42 bits per heavy atom. The predicted octanol–water partition coefficient (Wildman–Crippen LogP) is 0.523. The van der Waals surface area contributed by atoms with Crippen LogP contribution >= 0.6 is 0 Å². The maximum Gasteiger partial charge on any atom is 0.231 e. The van der Waals surface area contributed by atoms with Crippen molar-refractivity contribution in [2.45, 2.75) is 6.92 Å². The van der Waals surface area contributed by atoms with Crippen LogP contribution in [0.4, 0.5) is 0 Å². The Kier molecular flexibility index (Phi) is 1.62. The molecule has 0 bridgehead atoms. The van der Waals surface area contributed by atoms with Gasteiger partial charge < -0.3 is 4.74 Å². The van der Waals surface area contributed by atoms with Gasteiger partial charge in [0, 0.05) is 6.07 Å². The first-order valence-electron chi connectivity index (χ1n) is 3.70. The van der Waals surface area contributed by atoms with Gasteiger partial charge in [-0.3, -0.25) is 0 Å². The van der Waals surface area contributed by atoms with Gasteiger partial charge in [0.25, 0.3) is 0 Å². The zero-order valence-electron chi connectivity index (χ0n) is 6.64. The fraction of sp³-hybridized carbons (Fsp3) is 0.286. The number of nitrogens with zero attached hydrogens (tertiary/aromatic N) is 4. The molecule has 0 amide bonds. The molecule has 0 unspecified atom stereocenters. The van der Waals surface area contributed by atoms with E-state index in [1.807, 2.05) is 13.0 Å². The molecule has 2 aromatic heterocycles. The van der Waals surface area contributed by atoms with E-state index in [0.717, 1.165) is 5.65 Å². The fourth-order valence-corrected chi connectivity index (χ4v) is 0.936. The molecule has 0 aliphatic carbocycles. The van der Waals surface area contributed by atoms with Gasteiger partial charge in [-0.1, -0.05) is 0 Å². The van der Waals surface area contributed by atoms with Crippen molar-refractivity contribution in [3.05, 3.63) is 18.5 Å². The third-order valence-corrected chi connectivity index (χ3v) is 1.43. The van der Waals surface area contributed by atoms with Crippen molar-refractivity contribution in [2.75, 3.05) is 6.61 Å². The molecular weight excluding hydrogens is 156 g/mol. The van der Waals surface area contributed by atoms with Crippen molar-refractivity contribution in [1.29, 1.82) is 0 Å². The van der Waals surface area contributed by atoms with Crippen LogP contribution < -0.4 is 4.74 Å². The minimum atomic E-state index is 0.588. The maximum atomic E-state index is 5.20. The summed E-state index contributed by atoms with van der Waals surface area (Å²) >= 11 is 0. The van der Waals surface area contributed by atoms with Crippen molar-refractivity contribution in [3.8, 4) is 5.88 Å². The van der Waals surface area contributed by atoms with Gasteiger partial charge in [-0.05, 0) is 13.0 Å². The molecule has 12 heavy (non-hydrogen) atoms. The third-order valence-electron chi connectivity index (χ3n) is 1.43. The standard InChI is InChI=1S/C7H8N4O/c1-2-12-7-4-3-6-9-8-5-11(6)10-7/h3-5H,2H2,1H3. The molecule has 2 aromatic rings. The molecule has 0 atom stereocenters. The van der Waals surface area contributed by atoms with E-state index in [4.69, 9.17) is 4.74 Å². The second-order valence-corrected chi connectivity index (χ2v) is 2.24. The first-order valence-corrected chi connectivity index (χ1v) is 3.70. The van der Waals surface area contributed by atoms with Crippen LogP contribution in [0.3, 0.4) is 0 Å². The van der Waals surface area contributed by atoms with Gasteiger partial charge in [-0.15, -0.1) is 15.3 Å². The molecule has 5 nitrogen and oxygen atoms in total. The molecule has 5 heteroatoms. The first kappa shape index (κ1) is 7.02. The molecule has 0 saturated carbocycles. The minimum Gasteiger partial charge on any atom is -0.477 e. The van der Waals surface area contributed by atoms with Crippen molar-refractivity contribution in [1.82, 2.24) is 19.8 Å². The van der Waals surface area contributed by atoms with E-state index >= 15 is 0 Å². The summed E-state index contributed by atoms with van der Waals surface area (Å²) < 4.78 is 6.77. The highest BCUT2D eigenvalue weighted by atomic mass is 16.5. The molecule has 0 fully saturated rings. The minimum absolute atomic E-state index is 0.588. The molecule has 0 aromatic carbocycles. The van der Waals surface area contributed by atoms with Gasteiger partial charge in [0.05, 0.1) is 6.61 Å². The molecule has 0 aliphatic rings. The second-order valence-electron chi connectivity index (χ2n) is 2.24. The van der Waals surface area contributed by atoms with Crippen LogP contribution in [0.1, 0.15) is 6.92 Å². The summed E-state index contributed by atoms with van der Waals surface area (Å²) in [6.45, 7) is 2.53. The number of hydrogen-bond donors (Lipinski definition) is 0. The molecule has 0 radical (unpaired) electrons. The van der Waals surface area contributed by atoms with Crippen LogP contribution in [0, 0.1) is 0 Å². The van der Waals surface area contributed by atoms with E-state index < -0.39 is 0 Å². The first-order chi connectivity index (χ1) is 5.90. The maximum absolute atomic E-state index is 5.20. The summed E-state index contributed by atoms with van der Waals surface area (Å²) in [5.74, 6) is 0.588. The van der Waals surface area contributed by atoms with Crippen molar-refractivity contribution < 1.29 is 4.74 Å². The monoisotopic (exact) mass is 164 g/mol. The van der Waals surface area contributed by atoms with Gasteiger partial charge >= 0.3 is 0 Å². The average Bonchev–Trinajstić information content (AvgIpc) is 2.51. The highest BCUT2D eigenvalue weighted by Crippen LogP contribution is 2.05. The van der Waals surface area contributed by atoms with E-state index in [2.05, 4.69) is 15.3 Å². The van der Waals surface area contributed by atoms with Crippen LogP contribution in [0.5, 0.6) is 5.88 Å². The third kappa shape index (κ3) is 1.09. The predicted molar refractivity (Wildman–Crippen MR) is 42.0 cm³/mol. The quantitative estimate of drug-likeness (QED) is 0.649. The highest BCUT2D eigenvalue weighted by Gasteiger charge is 1.97. The summed E-state index contributed by atoms with van der Waals surface area (Å²) in [6, 6.07) is 3.58. The van der Waals surface area contributed by atoms with Crippen molar-refractivity contribution >= 4 is 5.65 Å². The highest BCUT2D eigenvalue weighted by molar-refractivity contribution is 5.35. The Bertz CT molecular complexity index is 384. The molecule has 2 rings (SSSR count). The van der Waals surface area contributed by atoms with Gasteiger partial charge in [-0.2, -0.15) is 4.52 Å². The Morgan fingerprint density at radius 1 is 1.50 bits per heavy atom. The molecular formula is C7H8N4O. The number of hydrogen-bond acceptors (Lipinski definition) is 4. The Balaban J connectivity index is 2.46. The Labute approximate surface area is 69.0 Å². The lowest BCUT2D eigenvalue weighted by Crippen LogP contribution is -1.98. The lowest BCUT2D eigenvalue weighted by Gasteiger charge is -1.99. The zero-order valence-corrected chi connectivity index (χ0v) is 6.64. The van der Waals surface area contributed by atoms with Gasteiger partial charge in [0.2, 0.25) is 5.88 Å². The SMILES string of the molecule is CCOc1ccc2nncn2n1. The van der Waals surface area contributed by atoms with E-state index in [0.29, 0.717) is 12.5 Å². The van der Waals surface area contributed by atoms with Gasteiger partial charge in [-0.25, -0.2) is 0 Å². The topological polar surface area (TPSA) is 52.3 Å². The van der Waals surface area contributed by atoms with Crippen LogP contribution in [0.2, 0.25) is 0 Å². The van der Waals surface area contributed by atoms with E-state index in [1.165, 1.54) is 6.33 Å². The second kappa shape index (κ2) is 2.77. The molecule has 2 heterocycles. The van der Waals surface area contributed by atoms with Gasteiger partial charge in [0.15, 0.2) is 5.65 Å². The molecule has 0 spiro atoms. The summed E-state index contributed by atoms with van der Waals surface area (Å²) in [5.41, 5.74) is 0.721.